The van der Waals surface area contributed by atoms with Crippen LogP contribution in [0.15, 0.2) is 36.7 Å². The Hall–Kier alpha value is -1.61. The Morgan fingerprint density at radius 3 is 2.88 bits per heavy atom. The van der Waals surface area contributed by atoms with Gasteiger partial charge in [0, 0.05) is 12.6 Å². The minimum Gasteiger partial charge on any atom is -0.390 e. The van der Waals surface area contributed by atoms with E-state index < -0.39 is 5.60 Å². The monoisotopic (exact) mass is 228 g/mol. The third-order valence-electron chi connectivity index (χ3n) is 3.25. The fourth-order valence-corrected chi connectivity index (χ4v) is 2.06. The van der Waals surface area contributed by atoms with Gasteiger partial charge in [0.15, 0.2) is 0 Å². The fraction of sp³-hybridized carbons (Fsp3) is 0.357. The second-order valence-corrected chi connectivity index (χ2v) is 5.03. The molecule has 1 aromatic carbocycles. The lowest BCUT2D eigenvalue weighted by Gasteiger charge is -2.09. The van der Waals surface area contributed by atoms with Crippen LogP contribution in [0.3, 0.4) is 0 Å². The van der Waals surface area contributed by atoms with Gasteiger partial charge in [0.05, 0.1) is 17.5 Å². The van der Waals surface area contributed by atoms with Crippen LogP contribution in [0, 0.1) is 6.92 Å². The first-order chi connectivity index (χ1) is 8.15. The standard InChI is InChI=1S/C14H16N2O/c1-11-9-15-16(10-11)13-4-2-3-12(7-13)8-14(17)5-6-14/h2-4,7,9-10,17H,5-6,8H2,1H3. The van der Waals surface area contributed by atoms with Gasteiger partial charge in [-0.2, -0.15) is 5.10 Å². The summed E-state index contributed by atoms with van der Waals surface area (Å²) in [5, 5.41) is 14.2. The predicted octanol–water partition coefficient (Wildman–Crippen LogP) is 2.25. The third-order valence-corrected chi connectivity index (χ3v) is 3.25. The van der Waals surface area contributed by atoms with Crippen molar-refractivity contribution in [2.24, 2.45) is 0 Å². The van der Waals surface area contributed by atoms with Crippen molar-refractivity contribution in [3.05, 3.63) is 47.8 Å². The third kappa shape index (κ3) is 2.24. The average molecular weight is 228 g/mol. The Morgan fingerprint density at radius 2 is 2.24 bits per heavy atom. The van der Waals surface area contributed by atoms with Crippen molar-refractivity contribution in [3.63, 3.8) is 0 Å². The maximum atomic E-state index is 9.93. The molecule has 0 amide bonds. The van der Waals surface area contributed by atoms with Crippen LogP contribution in [0.2, 0.25) is 0 Å². The lowest BCUT2D eigenvalue weighted by Crippen LogP contribution is -2.10. The first kappa shape index (κ1) is 10.5. The molecule has 2 aromatic rings. The molecule has 0 saturated heterocycles. The quantitative estimate of drug-likeness (QED) is 0.875. The molecule has 0 aliphatic heterocycles. The molecule has 3 nitrogen and oxygen atoms in total. The van der Waals surface area contributed by atoms with Crippen LogP contribution >= 0.6 is 0 Å². The highest BCUT2D eigenvalue weighted by atomic mass is 16.3. The summed E-state index contributed by atoms with van der Waals surface area (Å²) in [4.78, 5) is 0. The number of rotatable bonds is 3. The molecule has 0 unspecified atom stereocenters. The maximum absolute atomic E-state index is 9.93. The Balaban J connectivity index is 1.88. The molecular formula is C14H16N2O. The topological polar surface area (TPSA) is 38.0 Å². The van der Waals surface area contributed by atoms with Crippen molar-refractivity contribution < 1.29 is 5.11 Å². The Labute approximate surface area is 101 Å². The highest BCUT2D eigenvalue weighted by Crippen LogP contribution is 2.38. The van der Waals surface area contributed by atoms with Gasteiger partial charge in [0.1, 0.15) is 0 Å². The van der Waals surface area contributed by atoms with Crippen molar-refractivity contribution in [1.29, 1.82) is 0 Å². The van der Waals surface area contributed by atoms with E-state index in [9.17, 15) is 5.11 Å². The summed E-state index contributed by atoms with van der Waals surface area (Å²) in [6.07, 6.45) is 6.46. The van der Waals surface area contributed by atoms with E-state index in [-0.39, 0.29) is 0 Å². The molecule has 1 N–H and O–H groups in total. The van der Waals surface area contributed by atoms with Gasteiger partial charge in [-0.1, -0.05) is 12.1 Å². The van der Waals surface area contributed by atoms with Crippen LogP contribution in [-0.4, -0.2) is 20.5 Å². The molecule has 0 spiro atoms. The molecule has 1 aliphatic carbocycles. The second kappa shape index (κ2) is 3.70. The van der Waals surface area contributed by atoms with Gasteiger partial charge in [-0.25, -0.2) is 4.68 Å². The largest absolute Gasteiger partial charge is 0.390 e. The van der Waals surface area contributed by atoms with Crippen LogP contribution in [0.5, 0.6) is 0 Å². The Kier molecular flexibility index (Phi) is 2.30. The van der Waals surface area contributed by atoms with E-state index in [4.69, 9.17) is 0 Å². The van der Waals surface area contributed by atoms with Crippen molar-refractivity contribution in [2.45, 2.75) is 31.8 Å². The normalized spacial score (nSPS) is 17.1. The molecule has 1 aliphatic rings. The van der Waals surface area contributed by atoms with Gasteiger partial charge in [-0.05, 0) is 43.0 Å². The van der Waals surface area contributed by atoms with E-state index in [2.05, 4.69) is 17.2 Å². The van der Waals surface area contributed by atoms with Crippen LogP contribution in [0.25, 0.3) is 5.69 Å². The second-order valence-electron chi connectivity index (χ2n) is 5.03. The number of benzene rings is 1. The molecular weight excluding hydrogens is 212 g/mol. The van der Waals surface area contributed by atoms with E-state index >= 15 is 0 Å². The number of aromatic nitrogens is 2. The first-order valence-electron chi connectivity index (χ1n) is 5.98. The van der Waals surface area contributed by atoms with Crippen LogP contribution in [0.1, 0.15) is 24.0 Å². The highest BCUT2D eigenvalue weighted by Gasteiger charge is 2.40. The number of hydrogen-bond acceptors (Lipinski definition) is 2. The SMILES string of the molecule is Cc1cnn(-c2cccc(CC3(O)CC3)c2)c1. The van der Waals surface area contributed by atoms with E-state index in [1.54, 1.807) is 0 Å². The van der Waals surface area contributed by atoms with Crippen molar-refractivity contribution in [3.8, 4) is 5.69 Å². The van der Waals surface area contributed by atoms with Crippen LogP contribution in [-0.2, 0) is 6.42 Å². The Bertz CT molecular complexity index is 541. The maximum Gasteiger partial charge on any atom is 0.0690 e. The lowest BCUT2D eigenvalue weighted by molar-refractivity contribution is 0.151. The molecule has 0 radical (unpaired) electrons. The molecule has 17 heavy (non-hydrogen) atoms. The zero-order chi connectivity index (χ0) is 11.9. The van der Waals surface area contributed by atoms with Gasteiger partial charge in [0.25, 0.3) is 0 Å². The predicted molar refractivity (Wildman–Crippen MR) is 66.2 cm³/mol. The van der Waals surface area contributed by atoms with Crippen molar-refractivity contribution in [1.82, 2.24) is 9.78 Å². The number of hydrogen-bond donors (Lipinski definition) is 1. The summed E-state index contributed by atoms with van der Waals surface area (Å²) in [5.41, 5.74) is 2.95. The van der Waals surface area contributed by atoms with E-state index in [0.717, 1.165) is 30.5 Å². The van der Waals surface area contributed by atoms with E-state index in [0.29, 0.717) is 0 Å². The lowest BCUT2D eigenvalue weighted by atomic mass is 10.1. The van der Waals surface area contributed by atoms with Gasteiger partial charge >= 0.3 is 0 Å². The number of aryl methyl sites for hydroxylation is 1. The van der Waals surface area contributed by atoms with Gasteiger partial charge in [-0.15, -0.1) is 0 Å². The molecule has 1 saturated carbocycles. The molecule has 0 atom stereocenters. The van der Waals surface area contributed by atoms with Crippen molar-refractivity contribution in [2.75, 3.05) is 0 Å². The summed E-state index contributed by atoms with van der Waals surface area (Å²) < 4.78 is 1.87. The zero-order valence-corrected chi connectivity index (χ0v) is 9.93. The summed E-state index contributed by atoms with van der Waals surface area (Å²) in [7, 11) is 0. The molecule has 3 rings (SSSR count). The van der Waals surface area contributed by atoms with Gasteiger partial charge in [0.2, 0.25) is 0 Å². The summed E-state index contributed by atoms with van der Waals surface area (Å²) in [6, 6.07) is 8.22. The molecule has 88 valence electrons. The van der Waals surface area contributed by atoms with E-state index in [1.807, 2.05) is 36.1 Å². The molecule has 3 heteroatoms. The van der Waals surface area contributed by atoms with E-state index in [1.165, 1.54) is 5.56 Å². The van der Waals surface area contributed by atoms with Gasteiger partial charge < -0.3 is 5.11 Å². The minimum atomic E-state index is -0.432. The molecule has 1 fully saturated rings. The average Bonchev–Trinajstić information content (AvgIpc) is 2.87. The summed E-state index contributed by atoms with van der Waals surface area (Å²) in [5.74, 6) is 0. The minimum absolute atomic E-state index is 0.432. The van der Waals surface area contributed by atoms with Crippen molar-refractivity contribution >= 4 is 0 Å². The summed E-state index contributed by atoms with van der Waals surface area (Å²) >= 11 is 0. The molecule has 1 aromatic heterocycles. The molecule has 1 heterocycles. The zero-order valence-electron chi connectivity index (χ0n) is 9.93. The number of aliphatic hydroxyl groups is 1. The van der Waals surface area contributed by atoms with Crippen LogP contribution in [0.4, 0.5) is 0 Å². The van der Waals surface area contributed by atoms with Gasteiger partial charge in [-0.3, -0.25) is 0 Å². The fourth-order valence-electron chi connectivity index (χ4n) is 2.06. The van der Waals surface area contributed by atoms with Crippen LogP contribution < -0.4 is 0 Å². The first-order valence-corrected chi connectivity index (χ1v) is 5.98. The summed E-state index contributed by atoms with van der Waals surface area (Å²) in [6.45, 7) is 2.03. The number of nitrogens with zero attached hydrogens (tertiary/aromatic N) is 2. The molecule has 0 bridgehead atoms. The highest BCUT2D eigenvalue weighted by molar-refractivity contribution is 5.36. The smallest absolute Gasteiger partial charge is 0.0690 e. The Morgan fingerprint density at radius 1 is 1.41 bits per heavy atom.